The second kappa shape index (κ2) is 3.80. The molecule has 2 rings (SSSR count). The molecule has 1 heterocycles. The van der Waals surface area contributed by atoms with Crippen LogP contribution in [0, 0.1) is 6.92 Å². The average molecular weight is 283 g/mol. The molecule has 0 saturated carbocycles. The molecular formula is C12H13NO5S. The predicted molar refractivity (Wildman–Crippen MR) is 68.6 cm³/mol. The zero-order valence-corrected chi connectivity index (χ0v) is 11.5. The summed E-state index contributed by atoms with van der Waals surface area (Å²) in [6, 6.07) is 3.95. The first-order chi connectivity index (χ1) is 8.60. The molecule has 0 unspecified atom stereocenters. The fourth-order valence-electron chi connectivity index (χ4n) is 1.91. The normalized spacial score (nSPS) is 19.9. The molecule has 0 aromatic heterocycles. The second-order valence-corrected chi connectivity index (χ2v) is 7.23. The molecule has 7 heteroatoms. The number of carbonyl (C=O) groups is 2. The van der Waals surface area contributed by atoms with Gasteiger partial charge in [-0.1, -0.05) is 0 Å². The first-order valence-corrected chi connectivity index (χ1v) is 6.98. The predicted octanol–water partition coefficient (Wildman–Crippen LogP) is 1.15. The van der Waals surface area contributed by atoms with Gasteiger partial charge in [0.15, 0.2) is 4.75 Å². The number of carbonyl (C=O) groups excluding carboxylic acids is 1. The second-order valence-electron chi connectivity index (χ2n) is 4.89. The van der Waals surface area contributed by atoms with Crippen molar-refractivity contribution >= 4 is 27.6 Å². The summed E-state index contributed by atoms with van der Waals surface area (Å²) < 4.78 is 23.4. The van der Waals surface area contributed by atoms with Crippen molar-refractivity contribution in [3.63, 3.8) is 0 Å². The van der Waals surface area contributed by atoms with Gasteiger partial charge in [0.05, 0.1) is 11.3 Å². The number of carboxylic acids is 1. The molecule has 102 valence electrons. The van der Waals surface area contributed by atoms with E-state index in [2.05, 4.69) is 0 Å². The van der Waals surface area contributed by atoms with Crippen LogP contribution < -0.4 is 4.31 Å². The summed E-state index contributed by atoms with van der Waals surface area (Å²) in [6.45, 7) is 4.26. The molecule has 1 amide bonds. The van der Waals surface area contributed by atoms with Gasteiger partial charge in [-0.25, -0.2) is 17.5 Å². The molecule has 0 radical (unpaired) electrons. The van der Waals surface area contributed by atoms with Gasteiger partial charge in [0.25, 0.3) is 15.9 Å². The van der Waals surface area contributed by atoms with Crippen LogP contribution in [0.25, 0.3) is 0 Å². The standard InChI is InChI=1S/C12H13NO5S/c1-7-6-8(10(14)15)4-5-9(7)13-11(16)12(2,3)19(13,17)18/h4-6H,1-3H3,(H,14,15). The third-order valence-corrected chi connectivity index (χ3v) is 5.55. The van der Waals surface area contributed by atoms with Crippen LogP contribution in [0.15, 0.2) is 18.2 Å². The number of hydrogen-bond acceptors (Lipinski definition) is 4. The Balaban J connectivity index is 2.51. The summed E-state index contributed by atoms with van der Waals surface area (Å²) in [5.74, 6) is -1.62. The topological polar surface area (TPSA) is 91.8 Å². The van der Waals surface area contributed by atoms with Crippen LogP contribution in [-0.4, -0.2) is 30.1 Å². The third-order valence-electron chi connectivity index (χ3n) is 3.25. The zero-order valence-electron chi connectivity index (χ0n) is 10.7. The molecule has 1 fully saturated rings. The Bertz CT molecular complexity index is 690. The minimum Gasteiger partial charge on any atom is -0.478 e. The summed E-state index contributed by atoms with van der Waals surface area (Å²) in [4.78, 5) is 22.7. The van der Waals surface area contributed by atoms with Crippen molar-refractivity contribution in [2.24, 2.45) is 0 Å². The van der Waals surface area contributed by atoms with Crippen molar-refractivity contribution in [2.45, 2.75) is 25.5 Å². The summed E-state index contributed by atoms with van der Waals surface area (Å²) in [5, 5.41) is 8.85. The fraction of sp³-hybridized carbons (Fsp3) is 0.333. The number of amides is 1. The zero-order chi connectivity index (χ0) is 14.6. The lowest BCUT2D eigenvalue weighted by molar-refractivity contribution is -0.120. The van der Waals surface area contributed by atoms with E-state index in [4.69, 9.17) is 5.11 Å². The molecule has 0 aliphatic carbocycles. The lowest BCUT2D eigenvalue weighted by Crippen LogP contribution is -2.67. The Morgan fingerprint density at radius 2 is 1.89 bits per heavy atom. The average Bonchev–Trinajstić information content (AvgIpc) is 2.30. The Kier molecular flexibility index (Phi) is 2.71. The van der Waals surface area contributed by atoms with E-state index in [1.807, 2.05) is 0 Å². The number of anilines is 1. The van der Waals surface area contributed by atoms with Crippen molar-refractivity contribution in [1.29, 1.82) is 0 Å². The molecule has 1 aromatic rings. The molecular weight excluding hydrogens is 270 g/mol. The number of aromatic carboxylic acids is 1. The number of hydrogen-bond donors (Lipinski definition) is 1. The Hall–Kier alpha value is -1.89. The van der Waals surface area contributed by atoms with Gasteiger partial charge in [-0.2, -0.15) is 0 Å². The minimum absolute atomic E-state index is 0.0471. The van der Waals surface area contributed by atoms with Gasteiger partial charge < -0.3 is 5.11 Å². The Morgan fingerprint density at radius 3 is 2.32 bits per heavy atom. The summed E-state index contributed by atoms with van der Waals surface area (Å²) >= 11 is 0. The van der Waals surface area contributed by atoms with Gasteiger partial charge in [0.2, 0.25) is 0 Å². The monoisotopic (exact) mass is 283 g/mol. The molecule has 1 N–H and O–H groups in total. The highest BCUT2D eigenvalue weighted by atomic mass is 32.2. The number of carboxylic acid groups (broad SMARTS) is 1. The number of rotatable bonds is 2. The Labute approximate surface area is 110 Å². The van der Waals surface area contributed by atoms with Crippen LogP contribution in [0.2, 0.25) is 0 Å². The van der Waals surface area contributed by atoms with E-state index < -0.39 is 26.6 Å². The van der Waals surface area contributed by atoms with Crippen LogP contribution in [0.3, 0.4) is 0 Å². The molecule has 6 nitrogen and oxygen atoms in total. The van der Waals surface area contributed by atoms with Crippen molar-refractivity contribution in [3.8, 4) is 0 Å². The Morgan fingerprint density at radius 1 is 1.32 bits per heavy atom. The number of sulfonamides is 1. The van der Waals surface area contributed by atoms with Crippen molar-refractivity contribution < 1.29 is 23.1 Å². The maximum absolute atomic E-state index is 12.0. The van der Waals surface area contributed by atoms with Gasteiger partial charge in [-0.3, -0.25) is 4.79 Å². The summed E-state index contributed by atoms with van der Waals surface area (Å²) in [5.41, 5.74) is 0.674. The fourth-order valence-corrected chi connectivity index (χ4v) is 3.46. The van der Waals surface area contributed by atoms with E-state index >= 15 is 0 Å². The maximum atomic E-state index is 12.0. The van der Waals surface area contributed by atoms with Crippen LogP contribution in [0.1, 0.15) is 29.8 Å². The van der Waals surface area contributed by atoms with E-state index in [0.717, 1.165) is 4.31 Å². The lowest BCUT2D eigenvalue weighted by atomic mass is 10.1. The van der Waals surface area contributed by atoms with Crippen LogP contribution >= 0.6 is 0 Å². The van der Waals surface area contributed by atoms with Gasteiger partial charge in [-0.05, 0) is 44.5 Å². The summed E-state index contributed by atoms with van der Waals surface area (Å²) in [7, 11) is -3.72. The first-order valence-electron chi connectivity index (χ1n) is 5.54. The quantitative estimate of drug-likeness (QED) is 0.879. The third kappa shape index (κ3) is 1.65. The molecule has 0 spiro atoms. The summed E-state index contributed by atoms with van der Waals surface area (Å²) in [6.07, 6.45) is 0. The van der Waals surface area contributed by atoms with Crippen LogP contribution in [0.4, 0.5) is 5.69 Å². The molecule has 19 heavy (non-hydrogen) atoms. The van der Waals surface area contributed by atoms with E-state index in [1.54, 1.807) is 6.92 Å². The van der Waals surface area contributed by atoms with E-state index in [9.17, 15) is 18.0 Å². The van der Waals surface area contributed by atoms with E-state index in [-0.39, 0.29) is 11.3 Å². The van der Waals surface area contributed by atoms with Crippen LogP contribution in [0.5, 0.6) is 0 Å². The van der Waals surface area contributed by atoms with Gasteiger partial charge >= 0.3 is 5.97 Å². The first kappa shape index (κ1) is 13.5. The van der Waals surface area contributed by atoms with Crippen molar-refractivity contribution in [2.75, 3.05) is 4.31 Å². The SMILES string of the molecule is Cc1cc(C(=O)O)ccc1N1C(=O)C(C)(C)S1(=O)=O. The number of benzene rings is 1. The van der Waals surface area contributed by atoms with E-state index in [0.29, 0.717) is 5.56 Å². The van der Waals surface area contributed by atoms with Gasteiger partial charge in [-0.15, -0.1) is 0 Å². The van der Waals surface area contributed by atoms with Crippen LogP contribution in [-0.2, 0) is 14.8 Å². The van der Waals surface area contributed by atoms with Crippen molar-refractivity contribution in [1.82, 2.24) is 0 Å². The number of aryl methyl sites for hydroxylation is 1. The molecule has 0 atom stereocenters. The lowest BCUT2D eigenvalue weighted by Gasteiger charge is -2.43. The highest BCUT2D eigenvalue weighted by Crippen LogP contribution is 2.40. The largest absolute Gasteiger partial charge is 0.478 e. The maximum Gasteiger partial charge on any atom is 0.335 e. The smallest absolute Gasteiger partial charge is 0.335 e. The molecule has 1 aliphatic rings. The molecule has 1 saturated heterocycles. The molecule has 0 bridgehead atoms. The molecule has 1 aliphatic heterocycles. The van der Waals surface area contributed by atoms with E-state index in [1.165, 1.54) is 32.0 Å². The highest BCUT2D eigenvalue weighted by Gasteiger charge is 2.61. The van der Waals surface area contributed by atoms with Gasteiger partial charge in [0, 0.05) is 0 Å². The highest BCUT2D eigenvalue weighted by molar-refractivity contribution is 7.98. The minimum atomic E-state index is -3.72. The molecule has 1 aromatic carbocycles. The number of nitrogens with zero attached hydrogens (tertiary/aromatic N) is 1. The van der Waals surface area contributed by atoms with Gasteiger partial charge in [0.1, 0.15) is 0 Å². The van der Waals surface area contributed by atoms with Crippen molar-refractivity contribution in [3.05, 3.63) is 29.3 Å².